The number of hydrogen-bond donors (Lipinski definition) is 0. The van der Waals surface area contributed by atoms with Gasteiger partial charge < -0.3 is 13.9 Å². The lowest BCUT2D eigenvalue weighted by Gasteiger charge is -2.41. The fourth-order valence-electron chi connectivity index (χ4n) is 5.45. The van der Waals surface area contributed by atoms with Crippen molar-refractivity contribution in [1.82, 2.24) is 4.90 Å². The van der Waals surface area contributed by atoms with E-state index in [9.17, 15) is 9.18 Å². The van der Waals surface area contributed by atoms with Crippen LogP contribution >= 0.6 is 0 Å². The molecule has 1 heterocycles. The molecule has 1 aliphatic rings. The molecule has 2 aromatic carbocycles. The zero-order valence-electron chi connectivity index (χ0n) is 26.8. The number of esters is 1. The van der Waals surface area contributed by atoms with E-state index in [0.29, 0.717) is 24.6 Å². The Kier molecular flexibility index (Phi) is 11.8. The number of hydrogen-bond acceptors (Lipinski definition) is 5. The van der Waals surface area contributed by atoms with Crippen molar-refractivity contribution in [3.05, 3.63) is 70.5 Å². The third-order valence-electron chi connectivity index (χ3n) is 9.07. The number of carbonyl (C=O) groups is 1. The summed E-state index contributed by atoms with van der Waals surface area (Å²) in [6, 6.07) is 14.2. The van der Waals surface area contributed by atoms with Crippen LogP contribution in [0.15, 0.2) is 42.5 Å². The number of rotatable bonds is 13. The molecule has 0 N–H and O–H groups in total. The van der Waals surface area contributed by atoms with Crippen LogP contribution in [0.4, 0.5) is 4.39 Å². The molecule has 4 atom stereocenters. The summed E-state index contributed by atoms with van der Waals surface area (Å²) in [6.45, 7) is 19.5. The number of halogens is 1. The summed E-state index contributed by atoms with van der Waals surface area (Å²) < 4.78 is 32.7. The van der Waals surface area contributed by atoms with Gasteiger partial charge in [0.25, 0.3) is 0 Å². The standard InChI is InChI=1S/C34H52FNO4Si/c1-24-16-17-27(21-32(24)35)20-29-14-12-18-36(29)22-30(40-41(8,9)34(4,5)6)23-39-26(3)31-15-11-10-13-28(31)19-25(2)33(37)38-7/h10-11,13,15-17,21,25-26,29-30H,12,14,18-20,22-23H2,1-9H3/t25?,26-,29+,30-/m1/s1. The van der Waals surface area contributed by atoms with E-state index in [4.69, 9.17) is 13.9 Å². The Labute approximate surface area is 248 Å². The lowest BCUT2D eigenvalue weighted by molar-refractivity contribution is -0.144. The molecule has 41 heavy (non-hydrogen) atoms. The van der Waals surface area contributed by atoms with E-state index in [1.165, 1.54) is 7.11 Å². The molecule has 1 saturated heterocycles. The maximum absolute atomic E-state index is 14.3. The monoisotopic (exact) mass is 585 g/mol. The van der Waals surface area contributed by atoms with Crippen LogP contribution < -0.4 is 0 Å². The van der Waals surface area contributed by atoms with Gasteiger partial charge in [-0.15, -0.1) is 0 Å². The number of nitrogens with zero attached hydrogens (tertiary/aromatic N) is 1. The van der Waals surface area contributed by atoms with Gasteiger partial charge in [-0.05, 0) is 92.5 Å². The lowest BCUT2D eigenvalue weighted by atomic mass is 9.94. The summed E-state index contributed by atoms with van der Waals surface area (Å²) in [7, 11) is -0.625. The summed E-state index contributed by atoms with van der Waals surface area (Å²) >= 11 is 0. The van der Waals surface area contributed by atoms with E-state index in [1.807, 2.05) is 32.0 Å². The molecular formula is C34H52FNO4Si. The van der Waals surface area contributed by atoms with E-state index in [2.05, 4.69) is 63.9 Å². The highest BCUT2D eigenvalue weighted by atomic mass is 28.4. The van der Waals surface area contributed by atoms with Crippen molar-refractivity contribution >= 4 is 14.3 Å². The summed E-state index contributed by atoms with van der Waals surface area (Å²) in [4.78, 5) is 14.6. The van der Waals surface area contributed by atoms with Crippen LogP contribution in [0.25, 0.3) is 0 Å². The molecule has 0 spiro atoms. The van der Waals surface area contributed by atoms with Crippen LogP contribution in [-0.2, 0) is 31.5 Å². The van der Waals surface area contributed by atoms with Gasteiger partial charge in [-0.2, -0.15) is 0 Å². The smallest absolute Gasteiger partial charge is 0.308 e. The molecule has 7 heteroatoms. The summed E-state index contributed by atoms with van der Waals surface area (Å²) in [6.07, 6.45) is 3.46. The molecule has 0 saturated carbocycles. The largest absolute Gasteiger partial charge is 0.469 e. The number of aryl methyl sites for hydroxylation is 1. The average Bonchev–Trinajstić information content (AvgIpc) is 3.34. The van der Waals surface area contributed by atoms with Gasteiger partial charge in [0.05, 0.1) is 31.8 Å². The Morgan fingerprint density at radius 3 is 2.51 bits per heavy atom. The Balaban J connectivity index is 1.74. The SMILES string of the molecule is COC(=O)C(C)Cc1ccccc1[C@@H](C)OC[C@@H](CN1CCC[C@H]1Cc1ccc(C)c(F)c1)O[Si](C)(C)C(C)(C)C. The van der Waals surface area contributed by atoms with Crippen molar-refractivity contribution in [3.63, 3.8) is 0 Å². The molecule has 3 rings (SSSR count). The van der Waals surface area contributed by atoms with Crippen LogP contribution in [0.3, 0.4) is 0 Å². The van der Waals surface area contributed by atoms with E-state index in [0.717, 1.165) is 49.0 Å². The Morgan fingerprint density at radius 1 is 1.15 bits per heavy atom. The number of carbonyl (C=O) groups excluding carboxylic acids is 1. The molecule has 1 aliphatic heterocycles. The van der Waals surface area contributed by atoms with Crippen molar-refractivity contribution in [1.29, 1.82) is 0 Å². The number of benzene rings is 2. The molecular weight excluding hydrogens is 533 g/mol. The van der Waals surface area contributed by atoms with E-state index in [1.54, 1.807) is 6.07 Å². The van der Waals surface area contributed by atoms with Crippen LogP contribution in [0, 0.1) is 18.7 Å². The predicted octanol–water partition coefficient (Wildman–Crippen LogP) is 7.66. The zero-order valence-corrected chi connectivity index (χ0v) is 27.8. The second-order valence-corrected chi connectivity index (χ2v) is 18.1. The van der Waals surface area contributed by atoms with E-state index in [-0.39, 0.29) is 35.0 Å². The number of methoxy groups -OCH3 is 1. The summed E-state index contributed by atoms with van der Waals surface area (Å²) in [5, 5.41) is 0.0807. The second-order valence-electron chi connectivity index (χ2n) is 13.4. The van der Waals surface area contributed by atoms with Gasteiger partial charge in [-0.1, -0.05) is 64.1 Å². The lowest BCUT2D eigenvalue weighted by Crippen LogP contribution is -2.49. The number of ether oxygens (including phenoxy) is 2. The molecule has 1 unspecified atom stereocenters. The van der Waals surface area contributed by atoms with E-state index >= 15 is 0 Å². The number of likely N-dealkylation sites (tertiary alicyclic amines) is 1. The quantitative estimate of drug-likeness (QED) is 0.178. The Bertz CT molecular complexity index is 1150. The van der Waals surface area contributed by atoms with Gasteiger partial charge in [-0.25, -0.2) is 4.39 Å². The maximum atomic E-state index is 14.3. The topological polar surface area (TPSA) is 48.0 Å². The third-order valence-corrected chi connectivity index (χ3v) is 13.6. The van der Waals surface area contributed by atoms with Crippen LogP contribution in [0.5, 0.6) is 0 Å². The Morgan fingerprint density at radius 2 is 1.85 bits per heavy atom. The van der Waals surface area contributed by atoms with Crippen molar-refractivity contribution in [2.24, 2.45) is 5.92 Å². The normalized spacial score (nSPS) is 18.7. The van der Waals surface area contributed by atoms with Gasteiger partial charge in [0.15, 0.2) is 8.32 Å². The fourth-order valence-corrected chi connectivity index (χ4v) is 6.78. The van der Waals surface area contributed by atoms with Gasteiger partial charge >= 0.3 is 5.97 Å². The minimum absolute atomic E-state index is 0.0742. The molecule has 0 amide bonds. The fraction of sp³-hybridized carbons (Fsp3) is 0.618. The predicted molar refractivity (Wildman–Crippen MR) is 167 cm³/mol. The summed E-state index contributed by atoms with van der Waals surface area (Å²) in [5.74, 6) is -0.559. The third kappa shape index (κ3) is 9.21. The molecule has 2 aromatic rings. The molecule has 5 nitrogen and oxygen atoms in total. The van der Waals surface area contributed by atoms with Gasteiger partial charge in [0.1, 0.15) is 5.82 Å². The highest BCUT2D eigenvalue weighted by molar-refractivity contribution is 6.74. The molecule has 0 aromatic heterocycles. The van der Waals surface area contributed by atoms with Crippen LogP contribution in [-0.4, -0.2) is 58.1 Å². The van der Waals surface area contributed by atoms with Crippen LogP contribution in [0.2, 0.25) is 18.1 Å². The van der Waals surface area contributed by atoms with Gasteiger partial charge in [0.2, 0.25) is 0 Å². The minimum atomic E-state index is -2.06. The van der Waals surface area contributed by atoms with Gasteiger partial charge in [-0.3, -0.25) is 9.69 Å². The molecule has 228 valence electrons. The van der Waals surface area contributed by atoms with E-state index < -0.39 is 8.32 Å². The summed E-state index contributed by atoms with van der Waals surface area (Å²) in [5.41, 5.74) is 3.93. The second kappa shape index (κ2) is 14.4. The molecule has 0 bridgehead atoms. The maximum Gasteiger partial charge on any atom is 0.308 e. The molecule has 1 fully saturated rings. The van der Waals surface area contributed by atoms with Gasteiger partial charge in [0, 0.05) is 12.6 Å². The first kappa shape index (κ1) is 33.4. The minimum Gasteiger partial charge on any atom is -0.469 e. The molecule has 0 aliphatic carbocycles. The highest BCUT2D eigenvalue weighted by Crippen LogP contribution is 2.38. The Hall–Kier alpha value is -2.06. The van der Waals surface area contributed by atoms with Crippen molar-refractivity contribution in [2.45, 2.75) is 104 Å². The van der Waals surface area contributed by atoms with Crippen molar-refractivity contribution in [3.8, 4) is 0 Å². The molecule has 0 radical (unpaired) electrons. The highest BCUT2D eigenvalue weighted by Gasteiger charge is 2.40. The average molecular weight is 586 g/mol. The first-order valence-corrected chi connectivity index (χ1v) is 18.1. The first-order chi connectivity index (χ1) is 19.2. The van der Waals surface area contributed by atoms with Crippen LogP contribution in [0.1, 0.15) is 75.8 Å². The zero-order chi connectivity index (χ0) is 30.4. The van der Waals surface area contributed by atoms with Crippen molar-refractivity contribution < 1.29 is 23.1 Å². The van der Waals surface area contributed by atoms with Crippen molar-refractivity contribution in [2.75, 3.05) is 26.8 Å². The first-order valence-electron chi connectivity index (χ1n) is 15.2.